The van der Waals surface area contributed by atoms with Crippen LogP contribution in [0.2, 0.25) is 0 Å². The zero-order valence-electron chi connectivity index (χ0n) is 14.2. The highest BCUT2D eigenvalue weighted by Crippen LogP contribution is 2.30. The molecule has 0 radical (unpaired) electrons. The molecule has 2 aromatic heterocycles. The van der Waals surface area contributed by atoms with E-state index in [0.29, 0.717) is 11.3 Å². The molecule has 0 N–H and O–H groups in total. The molecule has 4 rings (SSSR count). The molecule has 1 atom stereocenters. The van der Waals surface area contributed by atoms with Crippen molar-refractivity contribution in [1.82, 2.24) is 14.8 Å². The summed E-state index contributed by atoms with van der Waals surface area (Å²) >= 11 is 3.28. The minimum absolute atomic E-state index is 0.218. The maximum atomic E-state index is 9.28. The Morgan fingerprint density at radius 1 is 1.27 bits per heavy atom. The molecule has 0 spiro atoms. The van der Waals surface area contributed by atoms with Crippen LogP contribution in [-0.2, 0) is 17.0 Å². The van der Waals surface area contributed by atoms with Crippen molar-refractivity contribution in [1.29, 1.82) is 5.26 Å². The fraction of sp³-hybridized carbons (Fsp3) is 0.316. The summed E-state index contributed by atoms with van der Waals surface area (Å²) in [6.07, 6.45) is 2.40. The standard InChI is InChI=1S/C19H18N4OS2/c20-11-14-5-1-2-6-15(14)13-26-19-22-21-18(17-8-4-10-25-17)23(19)12-16-7-3-9-24-16/h1-2,4-6,8,10,16H,3,7,9,12-13H2/t16-/m1/s1. The Hall–Kier alpha value is -2.14. The maximum absolute atomic E-state index is 9.28. The smallest absolute Gasteiger partial charge is 0.191 e. The number of nitrogens with zero attached hydrogens (tertiary/aromatic N) is 4. The summed E-state index contributed by atoms with van der Waals surface area (Å²) in [4.78, 5) is 1.11. The summed E-state index contributed by atoms with van der Waals surface area (Å²) in [6, 6.07) is 14.1. The van der Waals surface area contributed by atoms with Crippen molar-refractivity contribution in [3.8, 4) is 16.8 Å². The fourth-order valence-electron chi connectivity index (χ4n) is 3.04. The second-order valence-corrected chi connectivity index (χ2v) is 7.98. The molecule has 5 nitrogen and oxygen atoms in total. The van der Waals surface area contributed by atoms with Crippen LogP contribution >= 0.6 is 23.1 Å². The van der Waals surface area contributed by atoms with Gasteiger partial charge in [-0.15, -0.1) is 21.5 Å². The number of ether oxygens (including phenoxy) is 1. The van der Waals surface area contributed by atoms with Gasteiger partial charge < -0.3 is 4.74 Å². The topological polar surface area (TPSA) is 63.7 Å². The van der Waals surface area contributed by atoms with E-state index in [1.807, 2.05) is 30.3 Å². The Morgan fingerprint density at radius 2 is 2.19 bits per heavy atom. The zero-order chi connectivity index (χ0) is 17.8. The van der Waals surface area contributed by atoms with Gasteiger partial charge in [0.1, 0.15) is 0 Å². The van der Waals surface area contributed by atoms with E-state index >= 15 is 0 Å². The predicted molar refractivity (Wildman–Crippen MR) is 103 cm³/mol. The van der Waals surface area contributed by atoms with E-state index in [0.717, 1.165) is 47.4 Å². The number of hydrogen-bond acceptors (Lipinski definition) is 6. The Bertz CT molecular complexity index is 908. The van der Waals surface area contributed by atoms with Crippen LogP contribution in [-0.4, -0.2) is 27.5 Å². The van der Waals surface area contributed by atoms with Crippen molar-refractivity contribution < 1.29 is 4.74 Å². The van der Waals surface area contributed by atoms with E-state index < -0.39 is 0 Å². The van der Waals surface area contributed by atoms with E-state index in [1.165, 1.54) is 0 Å². The van der Waals surface area contributed by atoms with Crippen LogP contribution in [0.1, 0.15) is 24.0 Å². The largest absolute Gasteiger partial charge is 0.376 e. The SMILES string of the molecule is N#Cc1ccccc1CSc1nnc(-c2cccs2)n1C[C@H]1CCCO1. The summed E-state index contributed by atoms with van der Waals surface area (Å²) in [5.41, 5.74) is 1.73. The number of nitriles is 1. The van der Waals surface area contributed by atoms with Crippen LogP contribution < -0.4 is 0 Å². The number of hydrogen-bond donors (Lipinski definition) is 0. The van der Waals surface area contributed by atoms with Gasteiger partial charge >= 0.3 is 0 Å². The molecule has 0 saturated carbocycles. The lowest BCUT2D eigenvalue weighted by Gasteiger charge is -2.14. The van der Waals surface area contributed by atoms with Crippen molar-refractivity contribution in [2.75, 3.05) is 6.61 Å². The fourth-order valence-corrected chi connectivity index (χ4v) is 4.71. The molecule has 7 heteroatoms. The van der Waals surface area contributed by atoms with Gasteiger partial charge in [0, 0.05) is 12.4 Å². The summed E-state index contributed by atoms with van der Waals surface area (Å²) in [7, 11) is 0. The predicted octanol–water partition coefficient (Wildman–Crippen LogP) is 4.35. The van der Waals surface area contributed by atoms with Gasteiger partial charge in [0.15, 0.2) is 11.0 Å². The van der Waals surface area contributed by atoms with Gasteiger partial charge in [0.25, 0.3) is 0 Å². The van der Waals surface area contributed by atoms with Crippen LogP contribution in [0, 0.1) is 11.3 Å². The van der Waals surface area contributed by atoms with E-state index in [9.17, 15) is 5.26 Å². The zero-order valence-corrected chi connectivity index (χ0v) is 15.8. The molecule has 1 fully saturated rings. The molecule has 132 valence electrons. The first kappa shape index (κ1) is 17.3. The molecular weight excluding hydrogens is 364 g/mol. The normalized spacial score (nSPS) is 16.7. The second kappa shape index (κ2) is 8.04. The van der Waals surface area contributed by atoms with Crippen molar-refractivity contribution in [3.05, 3.63) is 52.9 Å². The third kappa shape index (κ3) is 3.68. The quantitative estimate of drug-likeness (QED) is 0.593. The highest BCUT2D eigenvalue weighted by molar-refractivity contribution is 7.98. The molecule has 3 aromatic rings. The van der Waals surface area contributed by atoms with E-state index in [4.69, 9.17) is 4.74 Å². The average molecular weight is 383 g/mol. The van der Waals surface area contributed by atoms with Crippen molar-refractivity contribution in [2.24, 2.45) is 0 Å². The second-order valence-electron chi connectivity index (χ2n) is 6.09. The third-order valence-electron chi connectivity index (χ3n) is 4.36. The van der Waals surface area contributed by atoms with Gasteiger partial charge in [0.2, 0.25) is 0 Å². The minimum Gasteiger partial charge on any atom is -0.376 e. The van der Waals surface area contributed by atoms with Gasteiger partial charge in [-0.3, -0.25) is 4.57 Å². The monoisotopic (exact) mass is 382 g/mol. The summed E-state index contributed by atoms with van der Waals surface area (Å²) in [6.45, 7) is 1.60. The maximum Gasteiger partial charge on any atom is 0.191 e. The van der Waals surface area contributed by atoms with Crippen molar-refractivity contribution >= 4 is 23.1 Å². The highest BCUT2D eigenvalue weighted by atomic mass is 32.2. The number of thioether (sulfide) groups is 1. The molecule has 0 aliphatic carbocycles. The van der Waals surface area contributed by atoms with Gasteiger partial charge in [-0.2, -0.15) is 5.26 Å². The molecule has 26 heavy (non-hydrogen) atoms. The van der Waals surface area contributed by atoms with Gasteiger partial charge in [-0.25, -0.2) is 0 Å². The molecule has 1 aromatic carbocycles. The first-order chi connectivity index (χ1) is 12.8. The number of rotatable bonds is 6. The first-order valence-electron chi connectivity index (χ1n) is 8.54. The Morgan fingerprint density at radius 3 is 2.96 bits per heavy atom. The Balaban J connectivity index is 1.59. The lowest BCUT2D eigenvalue weighted by molar-refractivity contribution is 0.0953. The van der Waals surface area contributed by atoms with Crippen LogP contribution in [0.3, 0.4) is 0 Å². The molecule has 1 saturated heterocycles. The average Bonchev–Trinajstić information content (AvgIpc) is 3.43. The summed E-state index contributed by atoms with van der Waals surface area (Å²) < 4.78 is 8.00. The molecule has 1 aliphatic heterocycles. The Labute approximate surface area is 160 Å². The van der Waals surface area contributed by atoms with E-state index in [-0.39, 0.29) is 6.10 Å². The molecule has 0 amide bonds. The molecule has 0 bridgehead atoms. The van der Waals surface area contributed by atoms with Crippen molar-refractivity contribution in [3.63, 3.8) is 0 Å². The molecular formula is C19H18N4OS2. The third-order valence-corrected chi connectivity index (χ3v) is 6.24. The van der Waals surface area contributed by atoms with Crippen LogP contribution in [0.15, 0.2) is 46.9 Å². The van der Waals surface area contributed by atoms with Crippen LogP contribution in [0.5, 0.6) is 0 Å². The first-order valence-corrected chi connectivity index (χ1v) is 10.4. The summed E-state index contributed by atoms with van der Waals surface area (Å²) in [5.74, 6) is 1.59. The minimum atomic E-state index is 0.218. The Kier molecular flexibility index (Phi) is 5.34. The lowest BCUT2D eigenvalue weighted by Crippen LogP contribution is -2.16. The molecule has 0 unspecified atom stereocenters. The van der Waals surface area contributed by atoms with Crippen molar-refractivity contribution in [2.45, 2.75) is 36.4 Å². The van der Waals surface area contributed by atoms with Crippen LogP contribution in [0.25, 0.3) is 10.7 Å². The highest BCUT2D eigenvalue weighted by Gasteiger charge is 2.22. The lowest BCUT2D eigenvalue weighted by atomic mass is 10.1. The number of thiophene rings is 1. The van der Waals surface area contributed by atoms with Gasteiger partial charge in [0.05, 0.1) is 29.2 Å². The number of benzene rings is 1. The van der Waals surface area contributed by atoms with Gasteiger partial charge in [-0.1, -0.05) is 36.0 Å². The van der Waals surface area contributed by atoms with E-state index in [2.05, 4.69) is 32.3 Å². The molecule has 3 heterocycles. The van der Waals surface area contributed by atoms with Gasteiger partial charge in [-0.05, 0) is 35.9 Å². The molecule has 1 aliphatic rings. The van der Waals surface area contributed by atoms with Crippen LogP contribution in [0.4, 0.5) is 0 Å². The summed E-state index contributed by atoms with van der Waals surface area (Å²) in [5, 5.41) is 21.1. The number of aromatic nitrogens is 3. The van der Waals surface area contributed by atoms with E-state index in [1.54, 1.807) is 23.1 Å².